The third-order valence-electron chi connectivity index (χ3n) is 3.96. The monoisotopic (exact) mass is 375 g/mol. The van der Waals surface area contributed by atoms with Gasteiger partial charge in [0.1, 0.15) is 5.75 Å². The van der Waals surface area contributed by atoms with Crippen LogP contribution in [0.25, 0.3) is 0 Å². The summed E-state index contributed by atoms with van der Waals surface area (Å²) in [5.41, 5.74) is 1.15. The van der Waals surface area contributed by atoms with E-state index >= 15 is 0 Å². The molecular weight excluding hydrogens is 353 g/mol. The van der Waals surface area contributed by atoms with E-state index in [1.54, 1.807) is 6.07 Å². The molecule has 0 radical (unpaired) electrons. The standard InChI is InChI=1S/C20H22FNO5/c1-12(2)13-5-4-6-15(9-13)27-11-18(23)22-19(20(24)25)14-7-8-17(26-3)16(21)10-14/h4-10,12,19H,11H2,1-3H3,(H,22,23)(H,24,25). The first-order valence-electron chi connectivity index (χ1n) is 8.40. The molecule has 2 aromatic rings. The summed E-state index contributed by atoms with van der Waals surface area (Å²) in [5, 5.41) is 11.7. The lowest BCUT2D eigenvalue weighted by atomic mass is 10.0. The zero-order valence-corrected chi connectivity index (χ0v) is 15.4. The van der Waals surface area contributed by atoms with E-state index in [-0.39, 0.29) is 17.9 Å². The fourth-order valence-corrected chi connectivity index (χ4v) is 2.46. The van der Waals surface area contributed by atoms with Gasteiger partial charge in [0.05, 0.1) is 7.11 Å². The minimum absolute atomic E-state index is 0.0115. The van der Waals surface area contributed by atoms with Gasteiger partial charge in [0.2, 0.25) is 0 Å². The lowest BCUT2D eigenvalue weighted by Crippen LogP contribution is -2.36. The minimum atomic E-state index is -1.40. The summed E-state index contributed by atoms with van der Waals surface area (Å²) in [5.74, 6) is -1.84. The molecule has 27 heavy (non-hydrogen) atoms. The quantitative estimate of drug-likeness (QED) is 0.740. The van der Waals surface area contributed by atoms with Crippen molar-refractivity contribution in [1.82, 2.24) is 5.32 Å². The van der Waals surface area contributed by atoms with Crippen LogP contribution in [-0.2, 0) is 9.59 Å². The van der Waals surface area contributed by atoms with E-state index in [1.165, 1.54) is 19.2 Å². The van der Waals surface area contributed by atoms with Crippen LogP contribution in [0.3, 0.4) is 0 Å². The van der Waals surface area contributed by atoms with Crippen molar-refractivity contribution in [3.8, 4) is 11.5 Å². The zero-order chi connectivity index (χ0) is 20.0. The number of hydrogen-bond acceptors (Lipinski definition) is 4. The predicted octanol–water partition coefficient (Wildman–Crippen LogP) is 3.28. The SMILES string of the molecule is COc1ccc(C(NC(=O)COc2cccc(C(C)C)c2)C(=O)O)cc1F. The van der Waals surface area contributed by atoms with E-state index in [0.29, 0.717) is 11.7 Å². The van der Waals surface area contributed by atoms with Crippen molar-refractivity contribution in [3.05, 3.63) is 59.4 Å². The Morgan fingerprint density at radius 1 is 1.15 bits per heavy atom. The molecule has 0 spiro atoms. The molecule has 0 bridgehead atoms. The van der Waals surface area contributed by atoms with E-state index < -0.39 is 23.7 Å². The van der Waals surface area contributed by atoms with Gasteiger partial charge in [-0.2, -0.15) is 0 Å². The average Bonchev–Trinajstić information content (AvgIpc) is 2.64. The van der Waals surface area contributed by atoms with E-state index in [0.717, 1.165) is 11.6 Å². The Labute approximate surface area is 156 Å². The molecule has 0 saturated carbocycles. The number of hydrogen-bond donors (Lipinski definition) is 2. The van der Waals surface area contributed by atoms with Gasteiger partial charge in [-0.05, 0) is 41.3 Å². The van der Waals surface area contributed by atoms with Gasteiger partial charge < -0.3 is 19.9 Å². The van der Waals surface area contributed by atoms with Gasteiger partial charge in [-0.15, -0.1) is 0 Å². The van der Waals surface area contributed by atoms with Crippen molar-refractivity contribution in [2.24, 2.45) is 0 Å². The van der Waals surface area contributed by atoms with E-state index in [4.69, 9.17) is 9.47 Å². The molecule has 2 aromatic carbocycles. The number of benzene rings is 2. The molecule has 0 aliphatic carbocycles. The van der Waals surface area contributed by atoms with Gasteiger partial charge in [-0.3, -0.25) is 4.79 Å². The second kappa shape index (κ2) is 9.02. The number of halogens is 1. The van der Waals surface area contributed by atoms with E-state index in [2.05, 4.69) is 5.32 Å². The molecular formula is C20H22FNO5. The van der Waals surface area contributed by atoms with Crippen LogP contribution < -0.4 is 14.8 Å². The van der Waals surface area contributed by atoms with Crippen LogP contribution in [0.5, 0.6) is 11.5 Å². The van der Waals surface area contributed by atoms with Crippen LogP contribution in [0.2, 0.25) is 0 Å². The Morgan fingerprint density at radius 2 is 1.89 bits per heavy atom. The number of methoxy groups -OCH3 is 1. The molecule has 0 saturated heterocycles. The van der Waals surface area contributed by atoms with Gasteiger partial charge in [-0.1, -0.05) is 32.0 Å². The lowest BCUT2D eigenvalue weighted by molar-refractivity contribution is -0.142. The summed E-state index contributed by atoms with van der Waals surface area (Å²) in [6.45, 7) is 3.72. The average molecular weight is 375 g/mol. The largest absolute Gasteiger partial charge is 0.494 e. The molecule has 1 atom stereocenters. The Balaban J connectivity index is 2.04. The molecule has 2 N–H and O–H groups in total. The summed E-state index contributed by atoms with van der Waals surface area (Å²) in [6, 6.07) is 9.62. The van der Waals surface area contributed by atoms with Crippen molar-refractivity contribution >= 4 is 11.9 Å². The number of carboxylic acid groups (broad SMARTS) is 1. The van der Waals surface area contributed by atoms with Gasteiger partial charge in [0.15, 0.2) is 24.2 Å². The molecule has 7 heteroatoms. The van der Waals surface area contributed by atoms with Crippen molar-refractivity contribution in [1.29, 1.82) is 0 Å². The summed E-state index contributed by atoms with van der Waals surface area (Å²) >= 11 is 0. The molecule has 0 aromatic heterocycles. The highest BCUT2D eigenvalue weighted by atomic mass is 19.1. The Kier molecular flexibility index (Phi) is 6.76. The molecule has 0 heterocycles. The van der Waals surface area contributed by atoms with Gasteiger partial charge in [0.25, 0.3) is 5.91 Å². The van der Waals surface area contributed by atoms with Crippen LogP contribution in [0.15, 0.2) is 42.5 Å². The topological polar surface area (TPSA) is 84.9 Å². The number of amides is 1. The van der Waals surface area contributed by atoms with Crippen LogP contribution in [0.1, 0.15) is 36.9 Å². The number of aliphatic carboxylic acids is 1. The first-order chi connectivity index (χ1) is 12.8. The van der Waals surface area contributed by atoms with Crippen molar-refractivity contribution in [3.63, 3.8) is 0 Å². The van der Waals surface area contributed by atoms with Gasteiger partial charge >= 0.3 is 5.97 Å². The zero-order valence-electron chi connectivity index (χ0n) is 15.4. The highest BCUT2D eigenvalue weighted by Gasteiger charge is 2.23. The van der Waals surface area contributed by atoms with Crippen LogP contribution in [-0.4, -0.2) is 30.7 Å². The second-order valence-electron chi connectivity index (χ2n) is 6.25. The van der Waals surface area contributed by atoms with Crippen molar-refractivity contribution < 1.29 is 28.6 Å². The maximum absolute atomic E-state index is 13.8. The highest BCUT2D eigenvalue weighted by Crippen LogP contribution is 2.23. The van der Waals surface area contributed by atoms with Crippen molar-refractivity contribution in [2.75, 3.05) is 13.7 Å². The maximum Gasteiger partial charge on any atom is 0.330 e. The molecule has 1 unspecified atom stereocenters. The maximum atomic E-state index is 13.8. The van der Waals surface area contributed by atoms with Crippen LogP contribution >= 0.6 is 0 Å². The lowest BCUT2D eigenvalue weighted by Gasteiger charge is -2.16. The Hall–Kier alpha value is -3.09. The van der Waals surface area contributed by atoms with Crippen molar-refractivity contribution in [2.45, 2.75) is 25.8 Å². The summed E-state index contributed by atoms with van der Waals surface area (Å²) in [6.07, 6.45) is 0. The number of rotatable bonds is 8. The summed E-state index contributed by atoms with van der Waals surface area (Å²) in [7, 11) is 1.31. The highest BCUT2D eigenvalue weighted by molar-refractivity contribution is 5.85. The number of ether oxygens (including phenoxy) is 2. The third-order valence-corrected chi connectivity index (χ3v) is 3.96. The van der Waals surface area contributed by atoms with Crippen LogP contribution in [0.4, 0.5) is 4.39 Å². The third kappa shape index (κ3) is 5.44. The molecule has 6 nitrogen and oxygen atoms in total. The first-order valence-corrected chi connectivity index (χ1v) is 8.40. The molecule has 1 amide bonds. The number of carbonyl (C=O) groups is 2. The normalized spacial score (nSPS) is 11.7. The Morgan fingerprint density at radius 3 is 2.48 bits per heavy atom. The smallest absolute Gasteiger partial charge is 0.330 e. The second-order valence-corrected chi connectivity index (χ2v) is 6.25. The number of carbonyl (C=O) groups excluding carboxylic acids is 1. The first kappa shape index (κ1) is 20.2. The number of nitrogens with one attached hydrogen (secondary N) is 1. The minimum Gasteiger partial charge on any atom is -0.494 e. The fourth-order valence-electron chi connectivity index (χ4n) is 2.46. The molecule has 0 fully saturated rings. The Bertz CT molecular complexity index is 822. The fraction of sp³-hybridized carbons (Fsp3) is 0.300. The predicted molar refractivity (Wildman–Crippen MR) is 97.5 cm³/mol. The molecule has 0 aliphatic rings. The molecule has 2 rings (SSSR count). The number of carboxylic acids is 1. The molecule has 0 aliphatic heterocycles. The summed E-state index contributed by atoms with van der Waals surface area (Å²) in [4.78, 5) is 23.6. The molecule has 144 valence electrons. The van der Waals surface area contributed by atoms with Gasteiger partial charge in [-0.25, -0.2) is 9.18 Å². The van der Waals surface area contributed by atoms with E-state index in [9.17, 15) is 19.1 Å². The van der Waals surface area contributed by atoms with Gasteiger partial charge in [0, 0.05) is 0 Å². The van der Waals surface area contributed by atoms with E-state index in [1.807, 2.05) is 32.0 Å². The van der Waals surface area contributed by atoms with Crippen LogP contribution in [0, 0.1) is 5.82 Å². The summed E-state index contributed by atoms with van der Waals surface area (Å²) < 4.78 is 24.1.